The molecular formula is C80H104N2O3. The van der Waals surface area contributed by atoms with Crippen molar-refractivity contribution < 1.29 is 14.2 Å². The number of hydrogen-bond acceptors (Lipinski definition) is 5. The summed E-state index contributed by atoms with van der Waals surface area (Å²) < 4.78 is 21.3. The molecule has 8 heterocycles. The van der Waals surface area contributed by atoms with Crippen molar-refractivity contribution in [3.8, 4) is 5.75 Å². The molecule has 19 aliphatic rings. The fraction of sp³-hybridized carbons (Fsp3) is 0.625. The predicted octanol–water partition coefficient (Wildman–Crippen LogP) is 19.3. The lowest BCUT2D eigenvalue weighted by Crippen LogP contribution is -2.48. The maximum atomic E-state index is 7.29. The first kappa shape index (κ1) is 56.9. The van der Waals surface area contributed by atoms with Crippen LogP contribution in [-0.2, 0) is 9.47 Å². The molecule has 452 valence electrons. The Morgan fingerprint density at radius 2 is 1.47 bits per heavy atom. The van der Waals surface area contributed by atoms with Crippen LogP contribution in [0.2, 0.25) is 0 Å². The topological polar surface area (TPSA) is 34.2 Å². The quantitative estimate of drug-likeness (QED) is 0.230. The number of anilines is 1. The van der Waals surface area contributed by atoms with Gasteiger partial charge in [0.25, 0.3) is 0 Å². The molecule has 1 aromatic rings. The van der Waals surface area contributed by atoms with Crippen molar-refractivity contribution >= 4 is 5.69 Å². The Balaban J connectivity index is 0.790. The van der Waals surface area contributed by atoms with Gasteiger partial charge in [-0.3, -0.25) is 0 Å². The Hall–Kier alpha value is -4.58. The number of allylic oxidation sites excluding steroid dienone is 15. The Bertz CT molecular complexity index is 2980. The number of nitrogens with zero attached hydrogens (tertiary/aromatic N) is 2. The lowest BCUT2D eigenvalue weighted by atomic mass is 9.54. The van der Waals surface area contributed by atoms with Crippen molar-refractivity contribution in [1.29, 1.82) is 0 Å². The van der Waals surface area contributed by atoms with Gasteiger partial charge in [0, 0.05) is 46.4 Å². The van der Waals surface area contributed by atoms with Gasteiger partial charge in [-0.15, -0.1) is 0 Å². The number of hydrogen-bond donors (Lipinski definition) is 0. The summed E-state index contributed by atoms with van der Waals surface area (Å²) in [6, 6.07) is 8.62. The van der Waals surface area contributed by atoms with Crippen LogP contribution in [0.1, 0.15) is 193 Å². The summed E-state index contributed by atoms with van der Waals surface area (Å²) >= 11 is 0. The maximum Gasteiger partial charge on any atom is 0.125 e. The summed E-state index contributed by atoms with van der Waals surface area (Å²) in [5.41, 5.74) is 11.0. The van der Waals surface area contributed by atoms with E-state index in [0.717, 1.165) is 50.4 Å². The van der Waals surface area contributed by atoms with Crippen LogP contribution in [-0.4, -0.2) is 53.5 Å². The molecule has 0 amide bonds. The van der Waals surface area contributed by atoms with E-state index in [1.807, 2.05) is 11.6 Å². The molecule has 0 N–H and O–H groups in total. The number of likely N-dealkylation sites (tertiary alicyclic amines) is 1. The van der Waals surface area contributed by atoms with E-state index in [0.29, 0.717) is 102 Å². The molecule has 8 aliphatic heterocycles. The number of rotatable bonds is 9. The van der Waals surface area contributed by atoms with Crippen molar-refractivity contribution in [2.24, 2.45) is 76.4 Å². The molecule has 5 heteroatoms. The van der Waals surface area contributed by atoms with E-state index in [2.05, 4.69) is 159 Å². The zero-order valence-electron chi connectivity index (χ0n) is 52.4. The molecule has 4 saturated carbocycles. The highest BCUT2D eigenvalue weighted by Gasteiger charge is 2.55. The highest BCUT2D eigenvalue weighted by atomic mass is 16.5. The minimum atomic E-state index is 0.132. The average molecular weight is 1140 g/mol. The first-order chi connectivity index (χ1) is 41.7. The van der Waals surface area contributed by atoms with Crippen LogP contribution in [0.4, 0.5) is 5.69 Å². The van der Waals surface area contributed by atoms with E-state index >= 15 is 0 Å². The van der Waals surface area contributed by atoms with Crippen LogP contribution in [0.15, 0.2) is 163 Å². The maximum absolute atomic E-state index is 7.29. The lowest BCUT2D eigenvalue weighted by molar-refractivity contribution is -0.0488. The highest BCUT2D eigenvalue weighted by Crippen LogP contribution is 2.61. The Morgan fingerprint density at radius 1 is 0.635 bits per heavy atom. The van der Waals surface area contributed by atoms with E-state index in [4.69, 9.17) is 14.2 Å². The second-order valence-corrected chi connectivity index (χ2v) is 30.6. The Labute approximate surface area is 513 Å². The summed E-state index contributed by atoms with van der Waals surface area (Å²) in [6.45, 7) is 16.0. The summed E-state index contributed by atoms with van der Waals surface area (Å²) in [5, 5.41) is 0. The third-order valence-electron chi connectivity index (χ3n) is 26.1. The molecular weight excluding hydrogens is 1040 g/mol. The average Bonchev–Trinajstić information content (AvgIpc) is 1.84. The first-order valence-electron chi connectivity index (χ1n) is 35.5. The second-order valence-electron chi connectivity index (χ2n) is 30.6. The molecule has 17 atom stereocenters. The SMILES string of the molecule is C=CC1=CCC(OC2CCC(C3CC4CCC3C3C=CC=CC3C3CCC(CC3)C(C)(C)C3=CC5C(CC3C3CC=C(CC3)N4c3cccc4c3C3CCCCC3O4)C3CC(OC4CCC(C=C)=CC4C)CC=C3N5C3C=CC=CC3)CC2)C=C1. The number of fused-ring (bicyclic) bond motifs is 6. The van der Waals surface area contributed by atoms with Crippen LogP contribution in [0.3, 0.4) is 0 Å². The molecule has 17 unspecified atom stereocenters. The van der Waals surface area contributed by atoms with Crippen molar-refractivity contribution in [3.63, 3.8) is 0 Å². The molecule has 5 nitrogen and oxygen atoms in total. The first-order valence-corrected chi connectivity index (χ1v) is 35.5. The van der Waals surface area contributed by atoms with Gasteiger partial charge in [-0.05, 0) is 236 Å². The summed E-state index contributed by atoms with van der Waals surface area (Å²) in [4.78, 5) is 6.05. The van der Waals surface area contributed by atoms with Gasteiger partial charge in [-0.1, -0.05) is 161 Å². The number of benzene rings is 1. The van der Waals surface area contributed by atoms with Crippen molar-refractivity contribution in [2.75, 3.05) is 4.90 Å². The van der Waals surface area contributed by atoms with Gasteiger partial charge >= 0.3 is 0 Å². The summed E-state index contributed by atoms with van der Waals surface area (Å²) in [5.74, 6) is 9.37. The molecule has 11 aliphatic carbocycles. The van der Waals surface area contributed by atoms with Gasteiger partial charge in [0.2, 0.25) is 0 Å². The largest absolute Gasteiger partial charge is 0.489 e. The van der Waals surface area contributed by atoms with Gasteiger partial charge in [0.05, 0.1) is 36.5 Å². The van der Waals surface area contributed by atoms with E-state index in [9.17, 15) is 0 Å². The molecule has 4 saturated heterocycles. The van der Waals surface area contributed by atoms with Crippen molar-refractivity contribution in [3.05, 3.63) is 168 Å². The fourth-order valence-electron chi connectivity index (χ4n) is 21.8. The van der Waals surface area contributed by atoms with Crippen LogP contribution in [0.5, 0.6) is 5.75 Å². The Kier molecular flexibility index (Phi) is 16.1. The smallest absolute Gasteiger partial charge is 0.125 e. The van der Waals surface area contributed by atoms with E-state index in [1.54, 1.807) is 17.0 Å². The molecule has 0 spiro atoms. The van der Waals surface area contributed by atoms with Crippen molar-refractivity contribution in [2.45, 2.75) is 236 Å². The van der Waals surface area contributed by atoms with Gasteiger partial charge in [-0.25, -0.2) is 0 Å². The highest BCUT2D eigenvalue weighted by molar-refractivity contribution is 5.67. The molecule has 20 rings (SSSR count). The molecule has 0 radical (unpaired) electrons. The van der Waals surface area contributed by atoms with Crippen LogP contribution in [0, 0.1) is 76.4 Å². The van der Waals surface area contributed by atoms with E-state index < -0.39 is 0 Å². The molecule has 6 bridgehead atoms. The second kappa shape index (κ2) is 24.1. The zero-order chi connectivity index (χ0) is 57.3. The minimum Gasteiger partial charge on any atom is -0.489 e. The predicted molar refractivity (Wildman–Crippen MR) is 350 cm³/mol. The molecule has 8 fully saturated rings. The van der Waals surface area contributed by atoms with Crippen LogP contribution >= 0.6 is 0 Å². The van der Waals surface area contributed by atoms with Crippen LogP contribution < -0.4 is 9.64 Å². The normalized spacial score (nSPS) is 42.4. The number of ether oxygens (including phenoxy) is 3. The monoisotopic (exact) mass is 1140 g/mol. The van der Waals surface area contributed by atoms with Crippen LogP contribution in [0.25, 0.3) is 0 Å². The molecule has 0 aromatic heterocycles. The lowest BCUT2D eigenvalue weighted by Gasteiger charge is -2.53. The van der Waals surface area contributed by atoms with E-state index in [-0.39, 0.29) is 17.6 Å². The zero-order valence-corrected chi connectivity index (χ0v) is 52.4. The van der Waals surface area contributed by atoms with Gasteiger partial charge < -0.3 is 24.0 Å². The third kappa shape index (κ3) is 10.8. The Morgan fingerprint density at radius 3 is 2.25 bits per heavy atom. The third-order valence-corrected chi connectivity index (χ3v) is 26.1. The molecule has 1 aromatic carbocycles. The van der Waals surface area contributed by atoms with E-state index in [1.165, 1.54) is 145 Å². The minimum absolute atomic E-state index is 0.132. The fourth-order valence-corrected chi connectivity index (χ4v) is 21.8. The molecule has 85 heavy (non-hydrogen) atoms. The van der Waals surface area contributed by atoms with Crippen molar-refractivity contribution in [1.82, 2.24) is 4.90 Å². The van der Waals surface area contributed by atoms with Gasteiger partial charge in [-0.2, -0.15) is 0 Å². The van der Waals surface area contributed by atoms with Gasteiger partial charge in [0.15, 0.2) is 0 Å². The summed E-state index contributed by atoms with van der Waals surface area (Å²) in [7, 11) is 0. The van der Waals surface area contributed by atoms with Gasteiger partial charge in [0.1, 0.15) is 11.9 Å². The summed E-state index contributed by atoms with van der Waals surface area (Å²) in [6.07, 6.45) is 74.3. The standard InChI is InChI=1S/C80H104N2O3/c1-6-52-24-38-61(39-25-52)83-62-40-31-55(32-41-62)68-47-60-37-43-66(68)65-19-12-11-18-64(65)54-27-33-57(34-28-54)80(4,5)72-50-75-71(70-48-63(84-76-45-26-53(7-2)46-51(76)3)42-44-73(70)82(75)58-16-9-8-10-17-58)49-69(72)56-29-35-59(36-30-56)81(60)74-21-15-23-78-79(74)67-20-13-14-22-77(67)85-78/h6-12,15-16,18-19,21,23-25,35,38,44,46,50-51,54-58,60-71,75-77H,1-2,13-14,17,20,22,26-34,36-37,39-43,45,47-49H2,3-5H3.